The smallest absolute Gasteiger partial charge is 0.00724 e. The number of hydrogen-bond donors (Lipinski definition) is 1. The highest BCUT2D eigenvalue weighted by Crippen LogP contribution is 2.55. The fourth-order valence-electron chi connectivity index (χ4n) is 3.36. The molecule has 0 saturated heterocycles. The zero-order valence-corrected chi connectivity index (χ0v) is 11.7. The first kappa shape index (κ1) is 12.4. The van der Waals surface area contributed by atoms with Crippen LogP contribution < -0.4 is 5.32 Å². The molecule has 16 heavy (non-hydrogen) atoms. The molecule has 94 valence electrons. The summed E-state index contributed by atoms with van der Waals surface area (Å²) in [5.74, 6) is 4.88. The molecular weight excluding hydrogens is 194 g/mol. The lowest BCUT2D eigenvalue weighted by atomic mass is 9.71. The summed E-state index contributed by atoms with van der Waals surface area (Å²) < 4.78 is 0. The van der Waals surface area contributed by atoms with Crippen LogP contribution in [0.5, 0.6) is 0 Å². The Bertz CT molecular complexity index is 236. The zero-order chi connectivity index (χ0) is 11.9. The average Bonchev–Trinajstić information content (AvgIpc) is 2.95. The van der Waals surface area contributed by atoms with Crippen molar-refractivity contribution in [2.24, 2.45) is 29.6 Å². The molecule has 0 aromatic carbocycles. The van der Waals surface area contributed by atoms with Crippen LogP contribution in [-0.4, -0.2) is 12.1 Å². The van der Waals surface area contributed by atoms with E-state index in [1.807, 2.05) is 0 Å². The fourth-order valence-corrected chi connectivity index (χ4v) is 3.36. The van der Waals surface area contributed by atoms with Crippen molar-refractivity contribution in [2.75, 3.05) is 0 Å². The molecule has 0 aromatic heterocycles. The fraction of sp³-hybridized carbons (Fsp3) is 1.00. The highest BCUT2D eigenvalue weighted by molar-refractivity contribution is 5.01. The van der Waals surface area contributed by atoms with Crippen LogP contribution in [0.25, 0.3) is 0 Å². The summed E-state index contributed by atoms with van der Waals surface area (Å²) in [6, 6.07) is 1.39. The van der Waals surface area contributed by atoms with Crippen LogP contribution in [-0.2, 0) is 0 Å². The minimum atomic E-state index is 0.662. The maximum Gasteiger partial charge on any atom is 0.00724 e. The van der Waals surface area contributed by atoms with Crippen molar-refractivity contribution >= 4 is 0 Å². The van der Waals surface area contributed by atoms with E-state index in [-0.39, 0.29) is 0 Å². The number of nitrogens with one attached hydrogen (secondary N) is 1. The van der Waals surface area contributed by atoms with Crippen molar-refractivity contribution < 1.29 is 0 Å². The molecule has 0 aromatic rings. The SMILES string of the molecule is CC(C)C(C)NC(C)C1CC1C1CCC1C. The molecule has 2 saturated carbocycles. The number of rotatable bonds is 5. The molecule has 1 heteroatoms. The maximum absolute atomic E-state index is 3.79. The first-order chi connectivity index (χ1) is 7.50. The normalized spacial score (nSPS) is 41.6. The third kappa shape index (κ3) is 2.45. The quantitative estimate of drug-likeness (QED) is 0.749. The summed E-state index contributed by atoms with van der Waals surface area (Å²) in [5, 5.41) is 3.79. The summed E-state index contributed by atoms with van der Waals surface area (Å²) in [7, 11) is 0. The van der Waals surface area contributed by atoms with Gasteiger partial charge < -0.3 is 5.32 Å². The highest BCUT2D eigenvalue weighted by atomic mass is 15.0. The summed E-state index contributed by atoms with van der Waals surface area (Å²) in [6.45, 7) is 11.8. The summed E-state index contributed by atoms with van der Waals surface area (Å²) in [5.41, 5.74) is 0. The maximum atomic E-state index is 3.79. The van der Waals surface area contributed by atoms with Crippen LogP contribution in [0.2, 0.25) is 0 Å². The second-order valence-corrected chi connectivity index (χ2v) is 6.77. The van der Waals surface area contributed by atoms with Crippen LogP contribution in [0.3, 0.4) is 0 Å². The van der Waals surface area contributed by atoms with Crippen LogP contribution in [0.1, 0.15) is 53.9 Å². The molecular formula is C15H29N. The Morgan fingerprint density at radius 2 is 1.69 bits per heavy atom. The highest BCUT2D eigenvalue weighted by Gasteiger charge is 2.49. The van der Waals surface area contributed by atoms with Crippen molar-refractivity contribution in [1.82, 2.24) is 5.32 Å². The Kier molecular flexibility index (Phi) is 3.63. The first-order valence-corrected chi connectivity index (χ1v) is 7.26. The molecule has 2 aliphatic rings. The minimum absolute atomic E-state index is 0.662. The lowest BCUT2D eigenvalue weighted by Crippen LogP contribution is -2.40. The van der Waals surface area contributed by atoms with Crippen molar-refractivity contribution in [3.8, 4) is 0 Å². The van der Waals surface area contributed by atoms with Gasteiger partial charge in [-0.3, -0.25) is 0 Å². The zero-order valence-electron chi connectivity index (χ0n) is 11.7. The molecule has 1 nitrogen and oxygen atoms in total. The van der Waals surface area contributed by atoms with Crippen LogP contribution in [0, 0.1) is 29.6 Å². The van der Waals surface area contributed by atoms with Gasteiger partial charge in [0.15, 0.2) is 0 Å². The van der Waals surface area contributed by atoms with E-state index in [1.54, 1.807) is 0 Å². The second-order valence-electron chi connectivity index (χ2n) is 6.77. The Labute approximate surface area is 101 Å². The molecule has 2 aliphatic carbocycles. The lowest BCUT2D eigenvalue weighted by Gasteiger charge is -2.35. The van der Waals surface area contributed by atoms with E-state index >= 15 is 0 Å². The molecule has 0 heterocycles. The van der Waals surface area contributed by atoms with Crippen molar-refractivity contribution in [3.05, 3.63) is 0 Å². The van der Waals surface area contributed by atoms with E-state index in [2.05, 4.69) is 39.9 Å². The molecule has 1 N–H and O–H groups in total. The van der Waals surface area contributed by atoms with Gasteiger partial charge in [0.05, 0.1) is 0 Å². The van der Waals surface area contributed by atoms with Crippen molar-refractivity contribution in [3.63, 3.8) is 0 Å². The van der Waals surface area contributed by atoms with Crippen LogP contribution in [0.15, 0.2) is 0 Å². The Hall–Kier alpha value is -0.0400. The summed E-state index contributed by atoms with van der Waals surface area (Å²) >= 11 is 0. The lowest BCUT2D eigenvalue weighted by molar-refractivity contribution is 0.156. The molecule has 0 spiro atoms. The van der Waals surface area contributed by atoms with Gasteiger partial charge in [0.25, 0.3) is 0 Å². The van der Waals surface area contributed by atoms with Gasteiger partial charge in [-0.15, -0.1) is 0 Å². The topological polar surface area (TPSA) is 12.0 Å². The number of hydrogen-bond acceptors (Lipinski definition) is 1. The van der Waals surface area contributed by atoms with Gasteiger partial charge in [0, 0.05) is 12.1 Å². The third-order valence-electron chi connectivity index (χ3n) is 5.30. The molecule has 6 unspecified atom stereocenters. The Balaban J connectivity index is 1.74. The predicted octanol–water partition coefficient (Wildman–Crippen LogP) is 3.69. The van der Waals surface area contributed by atoms with E-state index in [4.69, 9.17) is 0 Å². The van der Waals surface area contributed by atoms with Gasteiger partial charge in [0.2, 0.25) is 0 Å². The Morgan fingerprint density at radius 1 is 1.00 bits per heavy atom. The van der Waals surface area contributed by atoms with Gasteiger partial charge in [-0.2, -0.15) is 0 Å². The third-order valence-corrected chi connectivity index (χ3v) is 5.30. The van der Waals surface area contributed by atoms with E-state index in [1.165, 1.54) is 19.3 Å². The van der Waals surface area contributed by atoms with Crippen LogP contribution in [0.4, 0.5) is 0 Å². The molecule has 0 bridgehead atoms. The second kappa shape index (κ2) is 4.68. The molecule has 0 radical (unpaired) electrons. The monoisotopic (exact) mass is 223 g/mol. The van der Waals surface area contributed by atoms with E-state index in [0.717, 1.165) is 35.6 Å². The predicted molar refractivity (Wildman–Crippen MR) is 70.4 cm³/mol. The summed E-state index contributed by atoms with van der Waals surface area (Å²) in [4.78, 5) is 0. The van der Waals surface area contributed by atoms with Gasteiger partial charge in [-0.25, -0.2) is 0 Å². The van der Waals surface area contributed by atoms with E-state index in [0.29, 0.717) is 6.04 Å². The molecule has 2 fully saturated rings. The average molecular weight is 223 g/mol. The molecule has 2 rings (SSSR count). The van der Waals surface area contributed by atoms with E-state index < -0.39 is 0 Å². The standard InChI is InChI=1S/C15H29N/c1-9(2)11(4)16-12(5)14-8-15(14)13-7-6-10(13)3/h9-16H,6-8H2,1-5H3. The molecule has 0 aliphatic heterocycles. The van der Waals surface area contributed by atoms with Crippen molar-refractivity contribution in [2.45, 2.75) is 66.0 Å². The van der Waals surface area contributed by atoms with Crippen LogP contribution >= 0.6 is 0 Å². The van der Waals surface area contributed by atoms with Gasteiger partial charge in [-0.1, -0.05) is 27.2 Å². The minimum Gasteiger partial charge on any atom is -0.311 e. The summed E-state index contributed by atoms with van der Waals surface area (Å²) in [6.07, 6.45) is 4.49. The van der Waals surface area contributed by atoms with E-state index in [9.17, 15) is 0 Å². The van der Waals surface area contributed by atoms with Gasteiger partial charge >= 0.3 is 0 Å². The van der Waals surface area contributed by atoms with Crippen molar-refractivity contribution in [1.29, 1.82) is 0 Å². The molecule has 0 amide bonds. The Morgan fingerprint density at radius 3 is 2.12 bits per heavy atom. The van der Waals surface area contributed by atoms with Gasteiger partial charge in [0.1, 0.15) is 0 Å². The largest absolute Gasteiger partial charge is 0.311 e. The molecule has 6 atom stereocenters. The first-order valence-electron chi connectivity index (χ1n) is 7.26. The van der Waals surface area contributed by atoms with Gasteiger partial charge in [-0.05, 0) is 56.3 Å².